The Labute approximate surface area is 126 Å². The van der Waals surface area contributed by atoms with Gasteiger partial charge in [0.1, 0.15) is 5.75 Å². The zero-order valence-corrected chi connectivity index (χ0v) is 13.4. The Hall–Kier alpha value is -1.15. The van der Waals surface area contributed by atoms with Gasteiger partial charge in [-0.25, -0.2) is 8.42 Å². The predicted molar refractivity (Wildman–Crippen MR) is 81.9 cm³/mol. The highest BCUT2D eigenvalue weighted by molar-refractivity contribution is 7.89. The van der Waals surface area contributed by atoms with E-state index >= 15 is 0 Å². The average Bonchev–Trinajstić information content (AvgIpc) is 2.46. The molecule has 1 aliphatic rings. The Morgan fingerprint density at radius 2 is 1.67 bits per heavy atom. The summed E-state index contributed by atoms with van der Waals surface area (Å²) in [6.07, 6.45) is 0. The normalized spacial score (nSPS) is 18.2. The van der Waals surface area contributed by atoms with Crippen LogP contribution in [0, 0.1) is 0 Å². The monoisotopic (exact) mass is 313 g/mol. The topological polar surface area (TPSA) is 64.1 Å². The van der Waals surface area contributed by atoms with Crippen LogP contribution >= 0.6 is 0 Å². The van der Waals surface area contributed by atoms with Crippen LogP contribution < -0.4 is 0 Å². The highest BCUT2D eigenvalue weighted by Gasteiger charge is 2.28. The first-order valence-electron chi connectivity index (χ1n) is 7.06. The quantitative estimate of drug-likeness (QED) is 0.845. The summed E-state index contributed by atoms with van der Waals surface area (Å²) in [5.41, 5.74) is 0. The van der Waals surface area contributed by atoms with Crippen LogP contribution in [-0.4, -0.2) is 81.0 Å². The second kappa shape index (κ2) is 6.74. The van der Waals surface area contributed by atoms with Crippen LogP contribution in [0.3, 0.4) is 0 Å². The molecule has 0 unspecified atom stereocenters. The maximum atomic E-state index is 12.5. The largest absolute Gasteiger partial charge is 0.508 e. The molecule has 1 fully saturated rings. The van der Waals surface area contributed by atoms with Crippen LogP contribution in [0.1, 0.15) is 0 Å². The molecule has 0 saturated carbocycles. The van der Waals surface area contributed by atoms with Crippen LogP contribution in [0.25, 0.3) is 0 Å². The molecule has 0 spiro atoms. The van der Waals surface area contributed by atoms with Gasteiger partial charge in [-0.1, -0.05) is 0 Å². The van der Waals surface area contributed by atoms with Crippen LogP contribution in [0.15, 0.2) is 29.2 Å². The number of nitrogens with zero attached hydrogens (tertiary/aromatic N) is 3. The van der Waals surface area contributed by atoms with Crippen molar-refractivity contribution in [1.29, 1.82) is 0 Å². The SMILES string of the molecule is CN(C)CCN1CCN(S(=O)(=O)c2ccc(O)cc2)CC1. The van der Waals surface area contributed by atoms with Crippen LogP contribution in [-0.2, 0) is 10.0 Å². The average molecular weight is 313 g/mol. The summed E-state index contributed by atoms with van der Waals surface area (Å²) in [7, 11) is 0.618. The minimum Gasteiger partial charge on any atom is -0.508 e. The molecule has 0 aliphatic carbocycles. The van der Waals surface area contributed by atoms with Gasteiger partial charge >= 0.3 is 0 Å². The number of benzene rings is 1. The van der Waals surface area contributed by atoms with E-state index in [9.17, 15) is 13.5 Å². The minimum absolute atomic E-state index is 0.0717. The summed E-state index contributed by atoms with van der Waals surface area (Å²) in [4.78, 5) is 4.64. The molecule has 1 aliphatic heterocycles. The van der Waals surface area contributed by atoms with Crippen molar-refractivity contribution in [3.8, 4) is 5.75 Å². The van der Waals surface area contributed by atoms with Crippen molar-refractivity contribution in [2.24, 2.45) is 0 Å². The van der Waals surface area contributed by atoms with Crippen molar-refractivity contribution in [3.05, 3.63) is 24.3 Å². The molecule has 0 atom stereocenters. The third-order valence-corrected chi connectivity index (χ3v) is 5.58. The third-order valence-electron chi connectivity index (χ3n) is 3.67. The van der Waals surface area contributed by atoms with Gasteiger partial charge in [0.25, 0.3) is 0 Å². The van der Waals surface area contributed by atoms with E-state index in [4.69, 9.17) is 0 Å². The van der Waals surface area contributed by atoms with Gasteiger partial charge in [-0.2, -0.15) is 4.31 Å². The minimum atomic E-state index is -3.45. The summed E-state index contributed by atoms with van der Waals surface area (Å²) in [5.74, 6) is 0.0717. The highest BCUT2D eigenvalue weighted by Crippen LogP contribution is 2.20. The zero-order chi connectivity index (χ0) is 15.5. The lowest BCUT2D eigenvalue weighted by Crippen LogP contribution is -2.49. The molecule has 0 amide bonds. The van der Waals surface area contributed by atoms with Crippen LogP contribution in [0.4, 0.5) is 0 Å². The van der Waals surface area contributed by atoms with E-state index < -0.39 is 10.0 Å². The fourth-order valence-corrected chi connectivity index (χ4v) is 3.72. The smallest absolute Gasteiger partial charge is 0.243 e. The predicted octanol–water partition coefficient (Wildman–Crippen LogP) is 0.260. The van der Waals surface area contributed by atoms with Gasteiger partial charge in [0, 0.05) is 39.3 Å². The Balaban J connectivity index is 1.96. The molecule has 21 heavy (non-hydrogen) atoms. The first-order valence-corrected chi connectivity index (χ1v) is 8.50. The van der Waals surface area contributed by atoms with Gasteiger partial charge in [0.15, 0.2) is 0 Å². The first kappa shape index (κ1) is 16.2. The number of phenols is 1. The maximum absolute atomic E-state index is 12.5. The van der Waals surface area contributed by atoms with E-state index in [0.717, 1.165) is 26.2 Å². The molecular weight excluding hydrogens is 290 g/mol. The molecule has 0 bridgehead atoms. The molecule has 1 N–H and O–H groups in total. The number of piperazine rings is 1. The molecule has 1 heterocycles. The summed E-state index contributed by atoms with van der Waals surface area (Å²) < 4.78 is 26.5. The van der Waals surface area contributed by atoms with Gasteiger partial charge in [0.05, 0.1) is 4.90 Å². The molecule has 7 heteroatoms. The number of hydrogen-bond donors (Lipinski definition) is 1. The Morgan fingerprint density at radius 3 is 2.19 bits per heavy atom. The number of sulfonamides is 1. The van der Waals surface area contributed by atoms with Gasteiger partial charge in [0.2, 0.25) is 10.0 Å². The summed E-state index contributed by atoms with van der Waals surface area (Å²) >= 11 is 0. The lowest BCUT2D eigenvalue weighted by molar-refractivity contribution is 0.174. The number of aromatic hydroxyl groups is 1. The summed E-state index contributed by atoms with van der Waals surface area (Å²) in [5, 5.41) is 9.25. The van der Waals surface area contributed by atoms with Crippen molar-refractivity contribution in [1.82, 2.24) is 14.1 Å². The van der Waals surface area contributed by atoms with Crippen molar-refractivity contribution in [2.45, 2.75) is 4.90 Å². The molecular formula is C14H23N3O3S. The molecule has 0 radical (unpaired) electrons. The van der Waals surface area contributed by atoms with Crippen molar-refractivity contribution < 1.29 is 13.5 Å². The van der Waals surface area contributed by atoms with E-state index in [1.165, 1.54) is 28.6 Å². The van der Waals surface area contributed by atoms with Crippen molar-refractivity contribution in [2.75, 3.05) is 53.4 Å². The number of phenolic OH excluding ortho intramolecular Hbond substituents is 1. The van der Waals surface area contributed by atoms with Crippen molar-refractivity contribution in [3.63, 3.8) is 0 Å². The molecule has 1 aromatic carbocycles. The van der Waals surface area contributed by atoms with Gasteiger partial charge < -0.3 is 10.0 Å². The second-order valence-electron chi connectivity index (χ2n) is 5.54. The Bertz CT molecular complexity index is 549. The Kier molecular flexibility index (Phi) is 5.21. The zero-order valence-electron chi connectivity index (χ0n) is 12.6. The molecule has 118 valence electrons. The van der Waals surface area contributed by atoms with E-state index in [-0.39, 0.29) is 10.6 Å². The maximum Gasteiger partial charge on any atom is 0.243 e. The fraction of sp³-hybridized carbons (Fsp3) is 0.571. The number of likely N-dealkylation sites (N-methyl/N-ethyl adjacent to an activating group) is 1. The van der Waals surface area contributed by atoms with Crippen molar-refractivity contribution >= 4 is 10.0 Å². The van der Waals surface area contributed by atoms with E-state index in [1.807, 2.05) is 14.1 Å². The van der Waals surface area contributed by atoms with Crippen LogP contribution in [0.2, 0.25) is 0 Å². The van der Waals surface area contributed by atoms with Gasteiger partial charge in [-0.05, 0) is 38.4 Å². The lowest BCUT2D eigenvalue weighted by Gasteiger charge is -2.34. The van der Waals surface area contributed by atoms with Gasteiger partial charge in [-0.3, -0.25) is 4.90 Å². The standard InChI is InChI=1S/C14H23N3O3S/c1-15(2)7-8-16-9-11-17(12-10-16)21(19,20)14-5-3-13(18)4-6-14/h3-6,18H,7-12H2,1-2H3. The molecule has 1 saturated heterocycles. The Morgan fingerprint density at radius 1 is 1.10 bits per heavy atom. The van der Waals surface area contributed by atoms with E-state index in [0.29, 0.717) is 13.1 Å². The van der Waals surface area contributed by atoms with Gasteiger partial charge in [-0.15, -0.1) is 0 Å². The first-order chi connectivity index (χ1) is 9.89. The number of rotatable bonds is 5. The van der Waals surface area contributed by atoms with Crippen LogP contribution in [0.5, 0.6) is 5.75 Å². The van der Waals surface area contributed by atoms with E-state index in [1.54, 1.807) is 0 Å². The van der Waals surface area contributed by atoms with E-state index in [2.05, 4.69) is 9.80 Å². The fourth-order valence-electron chi connectivity index (χ4n) is 2.30. The highest BCUT2D eigenvalue weighted by atomic mass is 32.2. The molecule has 0 aromatic heterocycles. The lowest BCUT2D eigenvalue weighted by atomic mass is 10.3. The summed E-state index contributed by atoms with van der Waals surface area (Å²) in [6, 6.07) is 5.70. The third kappa shape index (κ3) is 4.16. The molecule has 6 nitrogen and oxygen atoms in total. The second-order valence-corrected chi connectivity index (χ2v) is 7.48. The summed E-state index contributed by atoms with van der Waals surface area (Å²) in [6.45, 7) is 4.47. The molecule has 1 aromatic rings. The number of hydrogen-bond acceptors (Lipinski definition) is 5. The molecule has 2 rings (SSSR count).